The predicted molar refractivity (Wildman–Crippen MR) is 109 cm³/mol. The maximum atomic E-state index is 11.6. The summed E-state index contributed by atoms with van der Waals surface area (Å²) in [7, 11) is 1.37. The third-order valence-electron chi connectivity index (χ3n) is 3.67. The van der Waals surface area contributed by atoms with E-state index in [9.17, 15) is 4.79 Å². The Morgan fingerprint density at radius 2 is 2.00 bits per heavy atom. The van der Waals surface area contributed by atoms with Crippen molar-refractivity contribution in [3.63, 3.8) is 0 Å². The molecule has 0 aliphatic heterocycles. The monoisotopic (exact) mass is 380 g/mol. The highest BCUT2D eigenvalue weighted by Gasteiger charge is 2.08. The molecule has 6 heteroatoms. The third-order valence-corrected chi connectivity index (χ3v) is 4.43. The average molecular weight is 380 g/mol. The molecule has 0 aliphatic carbocycles. The number of carbonyl (C=O) groups excluding carboxylic acids is 1. The molecule has 3 rings (SSSR count). The van der Waals surface area contributed by atoms with Crippen molar-refractivity contribution in [2.24, 2.45) is 0 Å². The average Bonchev–Trinajstić information content (AvgIpc) is 3.14. The van der Waals surface area contributed by atoms with E-state index in [0.717, 1.165) is 33.4 Å². The van der Waals surface area contributed by atoms with E-state index >= 15 is 0 Å². The molecule has 0 spiro atoms. The van der Waals surface area contributed by atoms with Crippen LogP contribution in [0.2, 0.25) is 0 Å². The fraction of sp³-hybridized carbons (Fsp3) is 0.143. The lowest BCUT2D eigenvalue weighted by molar-refractivity contribution is 0.0601. The quantitative estimate of drug-likeness (QED) is 0.445. The van der Waals surface area contributed by atoms with Gasteiger partial charge in [0, 0.05) is 16.6 Å². The van der Waals surface area contributed by atoms with Crippen LogP contribution in [0.5, 0.6) is 5.75 Å². The lowest BCUT2D eigenvalue weighted by atomic mass is 10.2. The van der Waals surface area contributed by atoms with E-state index < -0.39 is 0 Å². The molecular weight excluding hydrogens is 360 g/mol. The molecule has 0 aliphatic rings. The Bertz CT molecular complexity index is 948. The van der Waals surface area contributed by atoms with E-state index in [2.05, 4.69) is 16.9 Å². The molecule has 2 aromatic carbocycles. The van der Waals surface area contributed by atoms with E-state index in [4.69, 9.17) is 9.47 Å². The molecule has 3 aromatic rings. The summed E-state index contributed by atoms with van der Waals surface area (Å²) in [5, 5.41) is 5.95. The molecule has 0 unspecified atom stereocenters. The van der Waals surface area contributed by atoms with Crippen molar-refractivity contribution in [2.75, 3.05) is 19.0 Å². The lowest BCUT2D eigenvalue weighted by Gasteiger charge is -2.06. The molecule has 5 nitrogen and oxygen atoms in total. The summed E-state index contributed by atoms with van der Waals surface area (Å²) in [6.07, 6.45) is 0. The Kier molecular flexibility index (Phi) is 5.88. The van der Waals surface area contributed by atoms with Crippen LogP contribution in [0.4, 0.5) is 10.8 Å². The number of carbonyl (C=O) groups is 1. The molecule has 0 amide bonds. The number of benzene rings is 2. The van der Waals surface area contributed by atoms with Crippen molar-refractivity contribution in [3.05, 3.63) is 71.6 Å². The van der Waals surface area contributed by atoms with Gasteiger partial charge in [0.1, 0.15) is 12.4 Å². The van der Waals surface area contributed by atoms with Gasteiger partial charge in [0.05, 0.1) is 18.4 Å². The second-order valence-electron chi connectivity index (χ2n) is 6.01. The second-order valence-corrected chi connectivity index (χ2v) is 6.86. The van der Waals surface area contributed by atoms with Crippen molar-refractivity contribution >= 4 is 28.1 Å². The van der Waals surface area contributed by atoms with Crippen LogP contribution in [0.15, 0.2) is 66.1 Å². The number of aromatic nitrogens is 1. The molecular formula is C21H20N2O3S. The van der Waals surface area contributed by atoms with Gasteiger partial charge in [0.25, 0.3) is 0 Å². The van der Waals surface area contributed by atoms with Crippen molar-refractivity contribution < 1.29 is 14.3 Å². The Labute approximate surface area is 162 Å². The zero-order valence-electron chi connectivity index (χ0n) is 15.2. The number of rotatable bonds is 7. The molecule has 0 bridgehead atoms. The summed E-state index contributed by atoms with van der Waals surface area (Å²) in [5.74, 6) is 0.433. The molecule has 1 N–H and O–H groups in total. The normalized spacial score (nSPS) is 10.3. The first-order chi connectivity index (χ1) is 13.0. The number of anilines is 2. The fourth-order valence-electron chi connectivity index (χ4n) is 2.36. The molecule has 1 aromatic heterocycles. The van der Waals surface area contributed by atoms with E-state index in [1.807, 2.05) is 42.6 Å². The largest absolute Gasteiger partial charge is 0.489 e. The maximum absolute atomic E-state index is 11.6. The number of hydrogen-bond acceptors (Lipinski definition) is 6. The zero-order chi connectivity index (χ0) is 19.2. The molecule has 1 heterocycles. The minimum absolute atomic E-state index is 0.368. The summed E-state index contributed by atoms with van der Waals surface area (Å²) in [6, 6.07) is 14.9. The van der Waals surface area contributed by atoms with Crippen LogP contribution in [0.3, 0.4) is 0 Å². The third kappa shape index (κ3) is 4.95. The van der Waals surface area contributed by atoms with Gasteiger partial charge >= 0.3 is 5.97 Å². The molecule has 0 fully saturated rings. The predicted octanol–water partition coefficient (Wildman–Crippen LogP) is 5.30. The van der Waals surface area contributed by atoms with Gasteiger partial charge in [-0.05, 0) is 55.0 Å². The Balaban J connectivity index is 1.70. The van der Waals surface area contributed by atoms with Gasteiger partial charge in [-0.25, -0.2) is 9.78 Å². The van der Waals surface area contributed by atoms with E-state index in [0.29, 0.717) is 12.2 Å². The SMILES string of the molecule is C=C(C)COc1ccc(-c2csc(Nc3cccc(C(=O)OC)c3)n2)cc1. The van der Waals surface area contributed by atoms with Gasteiger partial charge in [0.2, 0.25) is 0 Å². The first kappa shape index (κ1) is 18.7. The summed E-state index contributed by atoms with van der Waals surface area (Å²) < 4.78 is 10.4. The number of methoxy groups -OCH3 is 1. The standard InChI is InChI=1S/C21H20N2O3S/c1-14(2)12-26-18-9-7-15(8-10-18)19-13-27-21(23-19)22-17-6-4-5-16(11-17)20(24)25-3/h4-11,13H,1,12H2,2-3H3,(H,22,23). The molecule has 0 radical (unpaired) electrons. The first-order valence-electron chi connectivity index (χ1n) is 8.33. The Hall–Kier alpha value is -3.12. The first-order valence-corrected chi connectivity index (χ1v) is 9.21. The van der Waals surface area contributed by atoms with Crippen LogP contribution < -0.4 is 10.1 Å². The minimum atomic E-state index is -0.368. The van der Waals surface area contributed by atoms with Gasteiger partial charge in [-0.2, -0.15) is 0 Å². The summed E-state index contributed by atoms with van der Waals surface area (Å²) >= 11 is 1.50. The molecule has 0 saturated heterocycles. The number of thiazole rings is 1. The number of nitrogens with zero attached hydrogens (tertiary/aromatic N) is 1. The number of nitrogens with one attached hydrogen (secondary N) is 1. The Morgan fingerprint density at radius 3 is 2.70 bits per heavy atom. The number of esters is 1. The Morgan fingerprint density at radius 1 is 1.22 bits per heavy atom. The summed E-state index contributed by atoms with van der Waals surface area (Å²) in [4.78, 5) is 16.3. The van der Waals surface area contributed by atoms with Gasteiger partial charge in [0.15, 0.2) is 5.13 Å². The number of ether oxygens (including phenoxy) is 2. The van der Waals surface area contributed by atoms with Crippen LogP contribution in [0.25, 0.3) is 11.3 Å². The van der Waals surface area contributed by atoms with Crippen molar-refractivity contribution in [3.8, 4) is 17.0 Å². The van der Waals surface area contributed by atoms with Crippen LogP contribution in [-0.2, 0) is 4.74 Å². The van der Waals surface area contributed by atoms with Gasteiger partial charge in [-0.15, -0.1) is 11.3 Å². The van der Waals surface area contributed by atoms with E-state index in [-0.39, 0.29) is 5.97 Å². The van der Waals surface area contributed by atoms with E-state index in [1.54, 1.807) is 18.2 Å². The lowest BCUT2D eigenvalue weighted by Crippen LogP contribution is -2.01. The summed E-state index contributed by atoms with van der Waals surface area (Å²) in [6.45, 7) is 6.26. The topological polar surface area (TPSA) is 60.5 Å². The maximum Gasteiger partial charge on any atom is 0.337 e. The van der Waals surface area contributed by atoms with Gasteiger partial charge in [-0.1, -0.05) is 12.6 Å². The second kappa shape index (κ2) is 8.51. The summed E-state index contributed by atoms with van der Waals surface area (Å²) in [5.41, 5.74) is 4.13. The highest BCUT2D eigenvalue weighted by molar-refractivity contribution is 7.14. The smallest absolute Gasteiger partial charge is 0.337 e. The molecule has 138 valence electrons. The van der Waals surface area contributed by atoms with E-state index in [1.165, 1.54) is 18.4 Å². The number of hydrogen-bond donors (Lipinski definition) is 1. The van der Waals surface area contributed by atoms with Crippen molar-refractivity contribution in [1.29, 1.82) is 0 Å². The van der Waals surface area contributed by atoms with Crippen LogP contribution >= 0.6 is 11.3 Å². The van der Waals surface area contributed by atoms with Crippen molar-refractivity contribution in [2.45, 2.75) is 6.92 Å². The van der Waals surface area contributed by atoms with Crippen LogP contribution in [0, 0.1) is 0 Å². The molecule has 0 atom stereocenters. The molecule has 27 heavy (non-hydrogen) atoms. The highest BCUT2D eigenvalue weighted by Crippen LogP contribution is 2.28. The van der Waals surface area contributed by atoms with Crippen molar-refractivity contribution in [1.82, 2.24) is 4.98 Å². The molecule has 0 saturated carbocycles. The minimum Gasteiger partial charge on any atom is -0.489 e. The zero-order valence-corrected chi connectivity index (χ0v) is 16.0. The fourth-order valence-corrected chi connectivity index (χ4v) is 3.10. The van der Waals surface area contributed by atoms with Gasteiger partial charge < -0.3 is 14.8 Å². The van der Waals surface area contributed by atoms with Crippen LogP contribution in [-0.4, -0.2) is 24.7 Å². The highest BCUT2D eigenvalue weighted by atomic mass is 32.1. The van der Waals surface area contributed by atoms with Gasteiger partial charge in [-0.3, -0.25) is 0 Å². The van der Waals surface area contributed by atoms with Crippen LogP contribution in [0.1, 0.15) is 17.3 Å².